The minimum Gasteiger partial charge on any atom is -0.263 e. The minimum absolute atomic E-state index is 0.128. The summed E-state index contributed by atoms with van der Waals surface area (Å²) in [5.74, 6) is 1.09. The van der Waals surface area contributed by atoms with E-state index in [2.05, 4.69) is 11.9 Å². The first-order valence-electron chi connectivity index (χ1n) is 7.63. The maximum atomic E-state index is 13.0. The molecule has 2 fully saturated rings. The largest absolute Gasteiger partial charge is 0.263 e. The van der Waals surface area contributed by atoms with Gasteiger partial charge in [-0.3, -0.25) is 4.98 Å². The van der Waals surface area contributed by atoms with Crippen molar-refractivity contribution in [3.05, 3.63) is 23.5 Å². The van der Waals surface area contributed by atoms with E-state index < -0.39 is 10.0 Å². The van der Waals surface area contributed by atoms with Gasteiger partial charge in [-0.05, 0) is 37.2 Å². The SMILES string of the molecule is CC1CCN(S(=O)(=O)c2cnccc2Cl)C2CCCCC12. The van der Waals surface area contributed by atoms with Gasteiger partial charge in [-0.25, -0.2) is 8.42 Å². The molecule has 3 unspecified atom stereocenters. The van der Waals surface area contributed by atoms with Crippen LogP contribution in [0.2, 0.25) is 5.02 Å². The number of piperidine rings is 1. The van der Waals surface area contributed by atoms with Crippen molar-refractivity contribution in [2.45, 2.75) is 50.0 Å². The molecule has 0 N–H and O–H groups in total. The molecule has 1 saturated carbocycles. The van der Waals surface area contributed by atoms with E-state index in [1.165, 1.54) is 18.8 Å². The first-order chi connectivity index (χ1) is 10.0. The number of aromatic nitrogens is 1. The molecule has 0 spiro atoms. The van der Waals surface area contributed by atoms with Crippen LogP contribution >= 0.6 is 11.6 Å². The monoisotopic (exact) mass is 328 g/mol. The summed E-state index contributed by atoms with van der Waals surface area (Å²) in [4.78, 5) is 4.08. The Hall–Kier alpha value is -0.650. The lowest BCUT2D eigenvalue weighted by Crippen LogP contribution is -2.52. The lowest BCUT2D eigenvalue weighted by atomic mass is 9.74. The van der Waals surface area contributed by atoms with Crippen molar-refractivity contribution in [3.8, 4) is 0 Å². The van der Waals surface area contributed by atoms with Crippen LogP contribution in [0.5, 0.6) is 0 Å². The van der Waals surface area contributed by atoms with Crippen LogP contribution in [0.15, 0.2) is 23.4 Å². The number of pyridine rings is 1. The molecule has 0 bridgehead atoms. The lowest BCUT2D eigenvalue weighted by molar-refractivity contribution is 0.0827. The quantitative estimate of drug-likeness (QED) is 0.836. The average molecular weight is 329 g/mol. The number of sulfonamides is 1. The predicted molar refractivity (Wildman–Crippen MR) is 82.7 cm³/mol. The summed E-state index contributed by atoms with van der Waals surface area (Å²) in [6, 6.07) is 1.67. The zero-order valence-electron chi connectivity index (χ0n) is 12.2. The van der Waals surface area contributed by atoms with Crippen molar-refractivity contribution in [1.82, 2.24) is 9.29 Å². The molecule has 1 aromatic heterocycles. The number of rotatable bonds is 2. The maximum absolute atomic E-state index is 13.0. The molecule has 1 aliphatic heterocycles. The predicted octanol–water partition coefficient (Wildman–Crippen LogP) is 3.32. The fourth-order valence-electron chi connectivity index (χ4n) is 3.85. The van der Waals surface area contributed by atoms with Crippen molar-refractivity contribution in [1.29, 1.82) is 0 Å². The van der Waals surface area contributed by atoms with Crippen LogP contribution in [0.3, 0.4) is 0 Å². The molecule has 116 valence electrons. The second kappa shape index (κ2) is 5.86. The first kappa shape index (κ1) is 15.3. The molecule has 1 aromatic rings. The lowest BCUT2D eigenvalue weighted by Gasteiger charge is -2.46. The third kappa shape index (κ3) is 2.71. The first-order valence-corrected chi connectivity index (χ1v) is 9.45. The molecule has 0 amide bonds. The van der Waals surface area contributed by atoms with Gasteiger partial charge in [0.15, 0.2) is 0 Å². The number of halogens is 1. The summed E-state index contributed by atoms with van der Waals surface area (Å²) < 4.78 is 27.6. The van der Waals surface area contributed by atoms with Crippen LogP contribution in [0.1, 0.15) is 39.0 Å². The molecule has 0 radical (unpaired) electrons. The van der Waals surface area contributed by atoms with Gasteiger partial charge in [0.05, 0.1) is 5.02 Å². The third-order valence-electron chi connectivity index (χ3n) is 5.01. The molecular weight excluding hydrogens is 308 g/mol. The average Bonchev–Trinajstić information content (AvgIpc) is 2.48. The van der Waals surface area contributed by atoms with Crippen molar-refractivity contribution in [2.24, 2.45) is 11.8 Å². The maximum Gasteiger partial charge on any atom is 0.246 e. The molecule has 4 nitrogen and oxygen atoms in total. The summed E-state index contributed by atoms with van der Waals surface area (Å²) in [5, 5.41) is 0.260. The van der Waals surface area contributed by atoms with Gasteiger partial charge in [0.25, 0.3) is 0 Å². The molecular formula is C15H21ClN2O2S. The second-order valence-electron chi connectivity index (χ2n) is 6.20. The zero-order chi connectivity index (χ0) is 15.0. The van der Waals surface area contributed by atoms with E-state index in [1.54, 1.807) is 10.4 Å². The second-order valence-corrected chi connectivity index (χ2v) is 8.47. The van der Waals surface area contributed by atoms with E-state index >= 15 is 0 Å². The Kier molecular flexibility index (Phi) is 4.26. The highest BCUT2D eigenvalue weighted by atomic mass is 35.5. The van der Waals surface area contributed by atoms with E-state index in [0.29, 0.717) is 18.4 Å². The fraction of sp³-hybridized carbons (Fsp3) is 0.667. The molecule has 0 aromatic carbocycles. The Morgan fingerprint density at radius 1 is 1.29 bits per heavy atom. The van der Waals surface area contributed by atoms with Crippen molar-refractivity contribution in [3.63, 3.8) is 0 Å². The van der Waals surface area contributed by atoms with E-state index in [0.717, 1.165) is 25.7 Å². The Balaban J connectivity index is 1.97. The van der Waals surface area contributed by atoms with E-state index in [-0.39, 0.29) is 16.0 Å². The summed E-state index contributed by atoms with van der Waals surface area (Å²) in [6.07, 6.45) is 8.24. The van der Waals surface area contributed by atoms with Gasteiger partial charge in [-0.15, -0.1) is 0 Å². The molecule has 21 heavy (non-hydrogen) atoms. The van der Waals surface area contributed by atoms with Crippen LogP contribution in [0, 0.1) is 11.8 Å². The highest BCUT2D eigenvalue weighted by Crippen LogP contribution is 2.41. The Bertz CT molecular complexity index is 620. The molecule has 1 aliphatic carbocycles. The van der Waals surface area contributed by atoms with Gasteiger partial charge < -0.3 is 0 Å². The highest BCUT2D eigenvalue weighted by molar-refractivity contribution is 7.89. The molecule has 2 heterocycles. The highest BCUT2D eigenvalue weighted by Gasteiger charge is 2.43. The topological polar surface area (TPSA) is 50.3 Å². The standard InChI is InChI=1S/C15H21ClN2O2S/c1-11-7-9-18(14-5-3-2-4-12(11)14)21(19,20)15-10-17-8-6-13(15)16/h6,8,10-12,14H,2-5,7,9H2,1H3. The summed E-state index contributed by atoms with van der Waals surface area (Å²) in [6.45, 7) is 2.85. The number of hydrogen-bond acceptors (Lipinski definition) is 3. The normalized spacial score (nSPS) is 30.9. The molecule has 3 rings (SSSR count). The fourth-order valence-corrected chi connectivity index (χ4v) is 5.97. The third-order valence-corrected chi connectivity index (χ3v) is 7.40. The van der Waals surface area contributed by atoms with E-state index in [9.17, 15) is 8.42 Å². The van der Waals surface area contributed by atoms with E-state index in [1.807, 2.05) is 0 Å². The number of fused-ring (bicyclic) bond motifs is 1. The Labute approximate surface area is 131 Å². The van der Waals surface area contributed by atoms with Gasteiger partial charge in [0.1, 0.15) is 4.90 Å². The van der Waals surface area contributed by atoms with Crippen molar-refractivity contribution >= 4 is 21.6 Å². The summed E-state index contributed by atoms with van der Waals surface area (Å²) >= 11 is 6.09. The minimum atomic E-state index is -3.55. The van der Waals surface area contributed by atoms with Crippen LogP contribution in [-0.2, 0) is 10.0 Å². The molecule has 1 saturated heterocycles. The van der Waals surface area contributed by atoms with Gasteiger partial charge >= 0.3 is 0 Å². The summed E-state index contributed by atoms with van der Waals surface area (Å²) in [5.41, 5.74) is 0. The van der Waals surface area contributed by atoms with Gasteiger partial charge in [0, 0.05) is 25.0 Å². The smallest absolute Gasteiger partial charge is 0.246 e. The zero-order valence-corrected chi connectivity index (χ0v) is 13.8. The Morgan fingerprint density at radius 3 is 2.81 bits per heavy atom. The van der Waals surface area contributed by atoms with E-state index in [4.69, 9.17) is 11.6 Å². The van der Waals surface area contributed by atoms with Crippen LogP contribution < -0.4 is 0 Å². The molecule has 6 heteroatoms. The van der Waals surface area contributed by atoms with Crippen LogP contribution in [0.25, 0.3) is 0 Å². The Morgan fingerprint density at radius 2 is 2.05 bits per heavy atom. The number of nitrogens with zero attached hydrogens (tertiary/aromatic N) is 2. The van der Waals surface area contributed by atoms with Crippen LogP contribution in [-0.4, -0.2) is 30.3 Å². The van der Waals surface area contributed by atoms with Crippen molar-refractivity contribution in [2.75, 3.05) is 6.54 Å². The van der Waals surface area contributed by atoms with Gasteiger partial charge in [-0.2, -0.15) is 4.31 Å². The molecule has 3 atom stereocenters. The van der Waals surface area contributed by atoms with Crippen LogP contribution in [0.4, 0.5) is 0 Å². The van der Waals surface area contributed by atoms with Gasteiger partial charge in [0.2, 0.25) is 10.0 Å². The summed E-state index contributed by atoms with van der Waals surface area (Å²) in [7, 11) is -3.55. The number of hydrogen-bond donors (Lipinski definition) is 0. The van der Waals surface area contributed by atoms with Gasteiger partial charge in [-0.1, -0.05) is 31.4 Å². The van der Waals surface area contributed by atoms with Crippen molar-refractivity contribution < 1.29 is 8.42 Å². The molecule has 2 aliphatic rings.